The standard InChI is InChI=1S/C21H25NO2/c1-3-5-6-17-7-11-19(12-8-17)22-16-15-21(23)18-9-13-20(14-10-18)24-4-2/h7-16,22H,3-6H2,1-2H3/b16-15+. The van der Waals surface area contributed by atoms with Crippen molar-refractivity contribution in [1.82, 2.24) is 0 Å². The summed E-state index contributed by atoms with van der Waals surface area (Å²) in [6.45, 7) is 4.75. The number of carbonyl (C=O) groups excluding carboxylic acids is 1. The number of hydrogen-bond acceptors (Lipinski definition) is 3. The fourth-order valence-electron chi connectivity index (χ4n) is 2.34. The molecule has 0 unspecified atom stereocenters. The largest absolute Gasteiger partial charge is 0.494 e. The minimum absolute atomic E-state index is 0.0369. The van der Waals surface area contributed by atoms with E-state index in [0.717, 1.165) is 17.9 Å². The summed E-state index contributed by atoms with van der Waals surface area (Å²) in [7, 11) is 0. The van der Waals surface area contributed by atoms with Crippen LogP contribution in [0, 0.1) is 0 Å². The highest BCUT2D eigenvalue weighted by atomic mass is 16.5. The molecule has 24 heavy (non-hydrogen) atoms. The summed E-state index contributed by atoms with van der Waals surface area (Å²) in [5.74, 6) is 0.740. The lowest BCUT2D eigenvalue weighted by molar-refractivity contribution is 0.104. The molecule has 2 aromatic carbocycles. The summed E-state index contributed by atoms with van der Waals surface area (Å²) in [5.41, 5.74) is 2.97. The van der Waals surface area contributed by atoms with E-state index >= 15 is 0 Å². The van der Waals surface area contributed by atoms with Crippen molar-refractivity contribution in [3.63, 3.8) is 0 Å². The van der Waals surface area contributed by atoms with Gasteiger partial charge in [-0.25, -0.2) is 0 Å². The fraction of sp³-hybridized carbons (Fsp3) is 0.286. The summed E-state index contributed by atoms with van der Waals surface area (Å²) >= 11 is 0. The number of benzene rings is 2. The number of ether oxygens (including phenoxy) is 1. The Morgan fingerprint density at radius 2 is 1.75 bits per heavy atom. The maximum Gasteiger partial charge on any atom is 0.187 e. The van der Waals surface area contributed by atoms with Crippen molar-refractivity contribution >= 4 is 11.5 Å². The summed E-state index contributed by atoms with van der Waals surface area (Å²) in [6, 6.07) is 15.5. The number of anilines is 1. The van der Waals surface area contributed by atoms with Crippen molar-refractivity contribution in [2.24, 2.45) is 0 Å². The first kappa shape index (κ1) is 17.8. The van der Waals surface area contributed by atoms with Gasteiger partial charge in [-0.05, 0) is 61.7 Å². The number of unbranched alkanes of at least 4 members (excludes halogenated alkanes) is 1. The molecule has 0 aliphatic heterocycles. The van der Waals surface area contributed by atoms with Gasteiger partial charge < -0.3 is 10.1 Å². The van der Waals surface area contributed by atoms with Crippen molar-refractivity contribution in [2.75, 3.05) is 11.9 Å². The van der Waals surface area contributed by atoms with Gasteiger partial charge in [0, 0.05) is 23.5 Å². The van der Waals surface area contributed by atoms with Crippen LogP contribution >= 0.6 is 0 Å². The zero-order valence-corrected chi connectivity index (χ0v) is 14.4. The number of nitrogens with one attached hydrogen (secondary N) is 1. The van der Waals surface area contributed by atoms with Crippen LogP contribution in [0.25, 0.3) is 0 Å². The van der Waals surface area contributed by atoms with Crippen LogP contribution in [0.3, 0.4) is 0 Å². The van der Waals surface area contributed by atoms with E-state index in [1.165, 1.54) is 18.4 Å². The third-order valence-electron chi connectivity index (χ3n) is 3.71. The van der Waals surface area contributed by atoms with Gasteiger partial charge in [-0.3, -0.25) is 4.79 Å². The Morgan fingerprint density at radius 3 is 2.38 bits per heavy atom. The third kappa shape index (κ3) is 5.58. The first-order chi connectivity index (χ1) is 11.7. The number of aryl methyl sites for hydroxylation is 1. The molecule has 0 atom stereocenters. The predicted octanol–water partition coefficient (Wildman–Crippen LogP) is 5.24. The smallest absolute Gasteiger partial charge is 0.187 e. The second-order valence-electron chi connectivity index (χ2n) is 5.60. The lowest BCUT2D eigenvalue weighted by Crippen LogP contribution is -1.97. The van der Waals surface area contributed by atoms with Crippen molar-refractivity contribution in [3.8, 4) is 5.75 Å². The maximum absolute atomic E-state index is 12.1. The van der Waals surface area contributed by atoms with E-state index < -0.39 is 0 Å². The second-order valence-corrected chi connectivity index (χ2v) is 5.60. The van der Waals surface area contributed by atoms with Gasteiger partial charge in [-0.15, -0.1) is 0 Å². The number of carbonyl (C=O) groups is 1. The second kappa shape index (κ2) is 9.56. The van der Waals surface area contributed by atoms with Gasteiger partial charge in [0.05, 0.1) is 6.61 Å². The summed E-state index contributed by atoms with van der Waals surface area (Å²) in [5, 5.41) is 3.13. The van der Waals surface area contributed by atoms with Gasteiger partial charge in [-0.1, -0.05) is 25.5 Å². The molecule has 0 fully saturated rings. The number of allylic oxidation sites excluding steroid dienone is 1. The van der Waals surface area contributed by atoms with Gasteiger partial charge in [-0.2, -0.15) is 0 Å². The van der Waals surface area contributed by atoms with E-state index in [0.29, 0.717) is 12.2 Å². The van der Waals surface area contributed by atoms with Crippen LogP contribution in [-0.2, 0) is 6.42 Å². The lowest BCUT2D eigenvalue weighted by atomic mass is 10.1. The van der Waals surface area contributed by atoms with Gasteiger partial charge in [0.15, 0.2) is 5.78 Å². The van der Waals surface area contributed by atoms with Crippen LogP contribution < -0.4 is 10.1 Å². The molecule has 0 heterocycles. The van der Waals surface area contributed by atoms with Crippen LogP contribution in [0.15, 0.2) is 60.8 Å². The SMILES string of the molecule is CCCCc1ccc(N/C=C/C(=O)c2ccc(OCC)cc2)cc1. The molecule has 2 aromatic rings. The predicted molar refractivity (Wildman–Crippen MR) is 99.8 cm³/mol. The van der Waals surface area contributed by atoms with Crippen molar-refractivity contribution in [1.29, 1.82) is 0 Å². The Balaban J connectivity index is 1.87. The zero-order chi connectivity index (χ0) is 17.2. The molecule has 0 radical (unpaired) electrons. The lowest BCUT2D eigenvalue weighted by Gasteiger charge is -2.04. The van der Waals surface area contributed by atoms with E-state index in [1.807, 2.05) is 31.2 Å². The van der Waals surface area contributed by atoms with Gasteiger partial charge in [0.25, 0.3) is 0 Å². The fourth-order valence-corrected chi connectivity index (χ4v) is 2.34. The van der Waals surface area contributed by atoms with Gasteiger partial charge in [0.1, 0.15) is 5.75 Å². The Bertz CT molecular complexity index is 657. The first-order valence-corrected chi connectivity index (χ1v) is 8.52. The maximum atomic E-state index is 12.1. The highest BCUT2D eigenvalue weighted by Crippen LogP contribution is 2.14. The molecule has 0 saturated carbocycles. The quantitative estimate of drug-likeness (QED) is 0.507. The molecule has 3 nitrogen and oxygen atoms in total. The van der Waals surface area contributed by atoms with Crippen LogP contribution in [0.4, 0.5) is 5.69 Å². The van der Waals surface area contributed by atoms with E-state index in [1.54, 1.807) is 24.4 Å². The highest BCUT2D eigenvalue weighted by Gasteiger charge is 2.02. The third-order valence-corrected chi connectivity index (χ3v) is 3.71. The average Bonchev–Trinajstić information content (AvgIpc) is 2.62. The molecule has 0 amide bonds. The Labute approximate surface area is 144 Å². The Kier molecular flexibility index (Phi) is 7.09. The first-order valence-electron chi connectivity index (χ1n) is 8.52. The number of ketones is 1. The van der Waals surface area contributed by atoms with Gasteiger partial charge >= 0.3 is 0 Å². The minimum Gasteiger partial charge on any atom is -0.494 e. The van der Waals surface area contributed by atoms with Crippen molar-refractivity contribution in [2.45, 2.75) is 33.1 Å². The molecule has 0 aliphatic rings. The molecular formula is C21H25NO2. The molecule has 126 valence electrons. The molecule has 3 heteroatoms. The molecule has 0 aliphatic carbocycles. The summed E-state index contributed by atoms with van der Waals surface area (Å²) in [4.78, 5) is 12.1. The number of rotatable bonds is 9. The Hall–Kier alpha value is -2.55. The molecule has 0 aromatic heterocycles. The summed E-state index contributed by atoms with van der Waals surface area (Å²) in [6.07, 6.45) is 6.75. The Morgan fingerprint density at radius 1 is 1.04 bits per heavy atom. The van der Waals surface area contributed by atoms with Crippen LogP contribution in [0.1, 0.15) is 42.6 Å². The van der Waals surface area contributed by atoms with Crippen LogP contribution in [0.5, 0.6) is 5.75 Å². The monoisotopic (exact) mass is 323 g/mol. The average molecular weight is 323 g/mol. The minimum atomic E-state index is -0.0369. The molecule has 2 rings (SSSR count). The normalized spacial score (nSPS) is 10.8. The van der Waals surface area contributed by atoms with E-state index in [2.05, 4.69) is 24.4 Å². The van der Waals surface area contributed by atoms with Gasteiger partial charge in [0.2, 0.25) is 0 Å². The molecule has 0 saturated heterocycles. The van der Waals surface area contributed by atoms with E-state index in [-0.39, 0.29) is 5.78 Å². The topological polar surface area (TPSA) is 38.3 Å². The molecule has 0 spiro atoms. The molecule has 0 bridgehead atoms. The zero-order valence-electron chi connectivity index (χ0n) is 14.4. The molecular weight excluding hydrogens is 298 g/mol. The van der Waals surface area contributed by atoms with E-state index in [4.69, 9.17) is 4.74 Å². The number of hydrogen-bond donors (Lipinski definition) is 1. The summed E-state index contributed by atoms with van der Waals surface area (Å²) < 4.78 is 5.37. The van der Waals surface area contributed by atoms with E-state index in [9.17, 15) is 4.79 Å². The highest BCUT2D eigenvalue weighted by molar-refractivity contribution is 6.04. The van der Waals surface area contributed by atoms with Crippen LogP contribution in [-0.4, -0.2) is 12.4 Å². The van der Waals surface area contributed by atoms with Crippen molar-refractivity contribution < 1.29 is 9.53 Å². The van der Waals surface area contributed by atoms with Crippen LogP contribution in [0.2, 0.25) is 0 Å². The van der Waals surface area contributed by atoms with Crippen molar-refractivity contribution in [3.05, 3.63) is 71.9 Å². The molecule has 1 N–H and O–H groups in total.